The number of carbonyl (C=O) groups is 2. The second kappa shape index (κ2) is 13.2. The molecule has 41 heavy (non-hydrogen) atoms. The summed E-state index contributed by atoms with van der Waals surface area (Å²) in [6.07, 6.45) is 9.16. The average molecular weight is 596 g/mol. The van der Waals surface area contributed by atoms with Crippen molar-refractivity contribution in [3.63, 3.8) is 0 Å². The third-order valence-corrected chi connectivity index (χ3v) is 8.15. The van der Waals surface area contributed by atoms with Crippen LogP contribution in [0.4, 0.5) is 11.6 Å². The van der Waals surface area contributed by atoms with Gasteiger partial charge in [0.05, 0.1) is 5.54 Å². The minimum Gasteiger partial charge on any atom is -0.382 e. The minimum atomic E-state index is -0.687. The fourth-order valence-corrected chi connectivity index (χ4v) is 5.53. The molecule has 2 saturated heterocycles. The fourth-order valence-electron chi connectivity index (χ4n) is 4.63. The fraction of sp³-hybridized carbons (Fsp3) is 0.321. The largest absolute Gasteiger partial charge is 0.382 e. The summed E-state index contributed by atoms with van der Waals surface area (Å²) in [5, 5.41) is 6.35. The van der Waals surface area contributed by atoms with E-state index in [1.807, 2.05) is 54.3 Å². The van der Waals surface area contributed by atoms with Gasteiger partial charge in [-0.15, -0.1) is 0 Å². The molecule has 216 valence electrons. The number of carbonyl (C=O) groups excluding carboxylic acids is 2. The number of nitrogens with one attached hydrogen (secondary N) is 3. The van der Waals surface area contributed by atoms with Crippen molar-refractivity contribution in [2.45, 2.75) is 43.2 Å². The van der Waals surface area contributed by atoms with Crippen LogP contribution in [-0.2, 0) is 0 Å². The summed E-state index contributed by atoms with van der Waals surface area (Å²) < 4.78 is 3.43. The van der Waals surface area contributed by atoms with E-state index in [2.05, 4.69) is 43.8 Å². The van der Waals surface area contributed by atoms with Crippen molar-refractivity contribution in [1.82, 2.24) is 30.2 Å². The maximum atomic E-state index is 13.3. The normalized spacial score (nSPS) is 18.4. The highest BCUT2D eigenvalue weighted by atomic mass is 35.5. The number of aromatic nitrogens is 2. The highest BCUT2D eigenvalue weighted by Crippen LogP contribution is 2.27. The van der Waals surface area contributed by atoms with Crippen molar-refractivity contribution in [3.8, 4) is 0 Å². The molecule has 2 aliphatic heterocycles. The molecule has 0 radical (unpaired) electrons. The van der Waals surface area contributed by atoms with Crippen LogP contribution in [0.25, 0.3) is 0 Å². The number of nitrogens with two attached hydrogens (primary N) is 2. The van der Waals surface area contributed by atoms with Crippen LogP contribution in [0.2, 0.25) is 5.15 Å². The number of amides is 2. The molecule has 3 heterocycles. The Balaban J connectivity index is 1.34. The second-order valence-electron chi connectivity index (χ2n) is 9.82. The van der Waals surface area contributed by atoms with Crippen LogP contribution in [0, 0.1) is 0 Å². The summed E-state index contributed by atoms with van der Waals surface area (Å²) in [6.45, 7) is 9.53. The van der Waals surface area contributed by atoms with E-state index >= 15 is 0 Å². The van der Waals surface area contributed by atoms with Gasteiger partial charge < -0.3 is 27.0 Å². The lowest BCUT2D eigenvalue weighted by Crippen LogP contribution is -2.53. The number of rotatable bonds is 8. The standard InChI is InChI=1S/C28H34ClN9O2S/c1-4-7-18(8-5-2)17(3)37-41-20-10-6-9-19(15-20)26(40)38-13-11-28(12-14-38)16-32-27(36-28)35-25(39)21-23(30)34-24(31)22(29)33-21/h4-10,15,17,37H,1,11-14,16H2,2-3H3,(H4,30,31,34)(H2,32,35,36,39)/b8-5-,18-7+. The van der Waals surface area contributed by atoms with E-state index in [1.165, 1.54) is 11.9 Å². The number of nitrogen functional groups attached to an aromatic ring is 2. The predicted octanol–water partition coefficient (Wildman–Crippen LogP) is 3.33. The van der Waals surface area contributed by atoms with E-state index in [4.69, 9.17) is 23.1 Å². The van der Waals surface area contributed by atoms with Gasteiger partial charge in [0.25, 0.3) is 5.91 Å². The number of aliphatic imine (C=N–C) groups is 1. The van der Waals surface area contributed by atoms with Crippen LogP contribution in [-0.4, -0.2) is 63.9 Å². The topological polar surface area (TPSA) is 164 Å². The highest BCUT2D eigenvalue weighted by molar-refractivity contribution is 7.97. The lowest BCUT2D eigenvalue weighted by Gasteiger charge is -2.38. The molecule has 0 bridgehead atoms. The maximum Gasteiger partial charge on any atom is 0.302 e. The highest BCUT2D eigenvalue weighted by Gasteiger charge is 2.41. The van der Waals surface area contributed by atoms with Crippen LogP contribution in [0.15, 0.2) is 70.6 Å². The monoisotopic (exact) mass is 595 g/mol. The predicted molar refractivity (Wildman–Crippen MR) is 165 cm³/mol. The number of halogens is 1. The van der Waals surface area contributed by atoms with E-state index < -0.39 is 5.91 Å². The molecule has 0 saturated carbocycles. The number of anilines is 2. The zero-order valence-electron chi connectivity index (χ0n) is 23.0. The van der Waals surface area contributed by atoms with Crippen molar-refractivity contribution in [1.29, 1.82) is 0 Å². The molecule has 7 N–H and O–H groups in total. The van der Waals surface area contributed by atoms with Crippen LogP contribution in [0.1, 0.15) is 47.5 Å². The Morgan fingerprint density at radius 1 is 1.27 bits per heavy atom. The Kier molecular flexibility index (Phi) is 9.69. The second-order valence-corrected chi connectivity index (χ2v) is 11.1. The number of hydrogen-bond acceptors (Lipinski definition) is 8. The van der Waals surface area contributed by atoms with Gasteiger partial charge in [0.1, 0.15) is 0 Å². The third-order valence-electron chi connectivity index (χ3n) is 6.91. The average Bonchev–Trinajstić information content (AvgIpc) is 3.35. The van der Waals surface area contributed by atoms with Crippen LogP contribution < -0.4 is 26.8 Å². The smallest absolute Gasteiger partial charge is 0.302 e. The number of allylic oxidation sites excluding steroid dienone is 3. The quantitative estimate of drug-likeness (QED) is 0.226. The molecule has 1 aromatic heterocycles. The van der Waals surface area contributed by atoms with Gasteiger partial charge in [0, 0.05) is 36.1 Å². The number of piperidine rings is 1. The minimum absolute atomic E-state index is 0.0131. The molecule has 1 unspecified atom stereocenters. The van der Waals surface area contributed by atoms with Gasteiger partial charge >= 0.3 is 5.91 Å². The van der Waals surface area contributed by atoms with E-state index in [-0.39, 0.29) is 40.0 Å². The molecule has 4 rings (SSSR count). The van der Waals surface area contributed by atoms with Gasteiger partial charge in [0.15, 0.2) is 28.4 Å². The summed E-state index contributed by atoms with van der Waals surface area (Å²) in [6, 6.07) is 7.72. The number of benzene rings is 1. The Bertz CT molecular complexity index is 1420. The Morgan fingerprint density at radius 3 is 2.73 bits per heavy atom. The third kappa shape index (κ3) is 7.26. The number of hydrogen-bond donors (Lipinski definition) is 5. The van der Waals surface area contributed by atoms with Crippen molar-refractivity contribution in [2.24, 2.45) is 4.99 Å². The van der Waals surface area contributed by atoms with Gasteiger partial charge in [-0.25, -0.2) is 9.97 Å². The van der Waals surface area contributed by atoms with Crippen molar-refractivity contribution in [3.05, 3.63) is 77.1 Å². The van der Waals surface area contributed by atoms with E-state index in [1.54, 1.807) is 6.08 Å². The first-order chi connectivity index (χ1) is 19.6. The van der Waals surface area contributed by atoms with Gasteiger partial charge in [-0.05, 0) is 62.4 Å². The van der Waals surface area contributed by atoms with Crippen LogP contribution in [0.3, 0.4) is 0 Å². The van der Waals surface area contributed by atoms with Crippen molar-refractivity contribution < 1.29 is 9.59 Å². The first-order valence-electron chi connectivity index (χ1n) is 13.2. The van der Waals surface area contributed by atoms with Crippen molar-refractivity contribution in [2.75, 3.05) is 31.1 Å². The molecule has 2 fully saturated rings. The summed E-state index contributed by atoms with van der Waals surface area (Å²) >= 11 is 7.38. The summed E-state index contributed by atoms with van der Waals surface area (Å²) in [7, 11) is 0. The maximum absolute atomic E-state index is 13.3. The van der Waals surface area contributed by atoms with Gasteiger partial charge in [-0.2, -0.15) is 4.99 Å². The van der Waals surface area contributed by atoms with E-state index in [9.17, 15) is 9.59 Å². The van der Waals surface area contributed by atoms with Crippen molar-refractivity contribution >= 4 is 53.0 Å². The lowest BCUT2D eigenvalue weighted by molar-refractivity contribution is 0.0668. The molecule has 1 atom stereocenters. The van der Waals surface area contributed by atoms with Crippen LogP contribution in [0.5, 0.6) is 0 Å². The molecule has 11 nitrogen and oxygen atoms in total. The van der Waals surface area contributed by atoms with Crippen LogP contribution >= 0.6 is 23.5 Å². The lowest BCUT2D eigenvalue weighted by atomic mass is 9.88. The first-order valence-corrected chi connectivity index (χ1v) is 14.3. The molecule has 1 aromatic carbocycles. The number of nitrogens with zero attached hydrogens (tertiary/aromatic N) is 4. The molecule has 2 amide bonds. The Hall–Kier alpha value is -3.87. The molecule has 1 spiro atoms. The molecule has 13 heteroatoms. The zero-order chi connectivity index (χ0) is 29.6. The molecular formula is C28H34ClN9O2S. The molecule has 2 aromatic rings. The summed E-state index contributed by atoms with van der Waals surface area (Å²) in [5.74, 6) is -0.584. The van der Waals surface area contributed by atoms with Gasteiger partial charge in [0.2, 0.25) is 0 Å². The number of guanidine groups is 1. The molecular weight excluding hydrogens is 562 g/mol. The van der Waals surface area contributed by atoms with E-state index in [0.717, 1.165) is 10.5 Å². The van der Waals surface area contributed by atoms with E-state index in [0.29, 0.717) is 44.0 Å². The SMILES string of the molecule is C=C/C=C(\C=C/C)C(C)NSc1cccc(C(=O)N2CCC3(CC2)CN/C(=N\C(=O)c2nc(Cl)c(N)nc2N)N3)c1. The van der Waals surface area contributed by atoms with Gasteiger partial charge in [-0.3, -0.25) is 14.3 Å². The summed E-state index contributed by atoms with van der Waals surface area (Å²) in [4.78, 5) is 40.6. The van der Waals surface area contributed by atoms with Gasteiger partial charge in [-0.1, -0.05) is 48.6 Å². The Labute approximate surface area is 248 Å². The zero-order valence-corrected chi connectivity index (χ0v) is 24.6. The summed E-state index contributed by atoms with van der Waals surface area (Å²) in [5.41, 5.74) is 12.6. The Morgan fingerprint density at radius 2 is 2.02 bits per heavy atom. The number of likely N-dealkylation sites (tertiary alicyclic amines) is 1. The molecule has 0 aliphatic carbocycles. The molecule has 2 aliphatic rings. The first kappa shape index (κ1) is 30.1.